The van der Waals surface area contributed by atoms with Crippen molar-refractivity contribution in [1.29, 1.82) is 0 Å². The van der Waals surface area contributed by atoms with Crippen LogP contribution in [0.3, 0.4) is 0 Å². The number of aliphatic hydroxyl groups is 16. The van der Waals surface area contributed by atoms with Gasteiger partial charge in [-0.25, -0.2) is 4.79 Å². The van der Waals surface area contributed by atoms with Crippen LogP contribution in [0, 0.1) is 5.92 Å². The van der Waals surface area contributed by atoms with Crippen molar-refractivity contribution in [3.8, 4) is 0 Å². The molecule has 1 heterocycles. The molecule has 0 saturated carbocycles. The second-order valence-electron chi connectivity index (χ2n) is 24.9. The van der Waals surface area contributed by atoms with E-state index in [9.17, 15) is 86.5 Å². The number of rotatable bonds is 74. The molecule has 0 aliphatic heterocycles. The van der Waals surface area contributed by atoms with E-state index in [1.165, 1.54) is 0 Å². The molecule has 1 aromatic heterocycles. The van der Waals surface area contributed by atoms with Gasteiger partial charge in [-0.2, -0.15) is 0 Å². The first-order valence-corrected chi connectivity index (χ1v) is 35.2. The van der Waals surface area contributed by atoms with Crippen molar-refractivity contribution in [2.24, 2.45) is 5.92 Å². The Bertz CT molecular complexity index is 1980. The van der Waals surface area contributed by atoms with Gasteiger partial charge in [-0.3, -0.25) is 4.68 Å². The molecular weight excluding hydrogens is 1370 g/mol. The average molecular weight is 1500 g/mol. The first-order chi connectivity index (χ1) is 49.9. The Kier molecular flexibility index (Phi) is 59.0. The molecule has 604 valence electrons. The summed E-state index contributed by atoms with van der Waals surface area (Å²) in [5.41, 5.74) is 0.964. The highest BCUT2D eigenvalue weighted by Gasteiger charge is 2.27. The van der Waals surface area contributed by atoms with E-state index in [4.69, 9.17) is 75.8 Å². The van der Waals surface area contributed by atoms with E-state index in [-0.39, 0.29) is 158 Å². The summed E-state index contributed by atoms with van der Waals surface area (Å²) in [4.78, 5) is 12.3. The number of aliphatic hydroxyl groups excluding tert-OH is 16. The first kappa shape index (κ1) is 95.7. The fourth-order valence-corrected chi connectivity index (χ4v) is 8.98. The van der Waals surface area contributed by atoms with Gasteiger partial charge in [-0.05, 0) is 30.9 Å². The number of hydrogen-bond donors (Lipinski definition) is 16. The van der Waals surface area contributed by atoms with Gasteiger partial charge in [0, 0.05) is 6.54 Å². The number of carbonyl (C=O) groups is 1. The van der Waals surface area contributed by atoms with Crippen LogP contribution in [0.2, 0.25) is 0 Å². The van der Waals surface area contributed by atoms with Crippen LogP contribution in [0.25, 0.3) is 0 Å². The van der Waals surface area contributed by atoms with Gasteiger partial charge in [-0.15, -0.1) is 5.10 Å². The fraction of sp³-hybridized carbons (Fsp3) is 0.866. The van der Waals surface area contributed by atoms with Gasteiger partial charge in [-0.1, -0.05) is 68.9 Å². The Morgan fingerprint density at radius 3 is 0.942 bits per heavy atom. The minimum Gasteiger partial charge on any atom is -0.462 e. The van der Waals surface area contributed by atoms with Crippen molar-refractivity contribution < 1.29 is 162 Å². The molecule has 9 unspecified atom stereocenters. The lowest BCUT2D eigenvalue weighted by Gasteiger charge is -2.29. The third-order valence-corrected chi connectivity index (χ3v) is 14.9. The van der Waals surface area contributed by atoms with E-state index >= 15 is 0 Å². The number of carbonyl (C=O) groups excluding carboxylic acids is 1. The van der Waals surface area contributed by atoms with Crippen LogP contribution in [0.5, 0.6) is 0 Å². The van der Waals surface area contributed by atoms with Crippen LogP contribution in [0.4, 0.5) is 0 Å². The van der Waals surface area contributed by atoms with Crippen molar-refractivity contribution >= 4 is 5.97 Å². The molecule has 0 fully saturated rings. The number of unbranched alkanes of at least 4 members (excludes halogenated alkanes) is 4. The Morgan fingerprint density at radius 1 is 0.359 bits per heavy atom. The predicted octanol–water partition coefficient (Wildman–Crippen LogP) is -4.95. The monoisotopic (exact) mass is 1500 g/mol. The molecule has 0 amide bonds. The van der Waals surface area contributed by atoms with Crippen molar-refractivity contribution in [2.75, 3.05) is 205 Å². The second-order valence-corrected chi connectivity index (χ2v) is 24.9. The summed E-state index contributed by atoms with van der Waals surface area (Å²) in [5, 5.41) is 165. The molecule has 2 aromatic rings. The summed E-state index contributed by atoms with van der Waals surface area (Å²) in [7, 11) is 0. The molecule has 1 aromatic carbocycles. The van der Waals surface area contributed by atoms with E-state index in [0.29, 0.717) is 30.3 Å². The zero-order valence-electron chi connectivity index (χ0n) is 59.6. The fourth-order valence-electron chi connectivity index (χ4n) is 8.98. The maximum Gasteiger partial charge on any atom is 0.338 e. The molecule has 16 N–H and O–H groups in total. The minimum atomic E-state index is -1.23. The van der Waals surface area contributed by atoms with Gasteiger partial charge in [0.15, 0.2) is 0 Å². The second kappa shape index (κ2) is 63.5. The number of benzene rings is 1. The third kappa shape index (κ3) is 51.5. The Labute approximate surface area is 603 Å². The highest BCUT2D eigenvalue weighted by molar-refractivity contribution is 5.89. The highest BCUT2D eigenvalue weighted by Crippen LogP contribution is 2.18. The summed E-state index contributed by atoms with van der Waals surface area (Å²) in [5.74, 6) is 0.189. The van der Waals surface area contributed by atoms with Gasteiger partial charge < -0.3 is 157 Å². The zero-order chi connectivity index (χ0) is 75.5. The third-order valence-electron chi connectivity index (χ3n) is 14.9. The Balaban J connectivity index is 2.56. The average Bonchev–Trinajstić information content (AvgIpc) is 1.86. The normalized spacial score (nSPS) is 16.8. The molecule has 0 aliphatic rings. The van der Waals surface area contributed by atoms with Crippen LogP contribution in [-0.2, 0) is 88.9 Å². The van der Waals surface area contributed by atoms with Crippen molar-refractivity contribution in [2.45, 2.75) is 163 Å². The van der Waals surface area contributed by atoms with E-state index in [2.05, 4.69) is 17.2 Å². The summed E-state index contributed by atoms with van der Waals surface area (Å²) >= 11 is 0. The van der Waals surface area contributed by atoms with Gasteiger partial charge in [0.2, 0.25) is 0 Å². The van der Waals surface area contributed by atoms with Crippen LogP contribution in [0.1, 0.15) is 74.3 Å². The number of ether oxygens (including phenoxy) is 16. The van der Waals surface area contributed by atoms with Crippen molar-refractivity contribution in [3.63, 3.8) is 0 Å². The Morgan fingerprint density at radius 2 is 0.641 bits per heavy atom. The molecule has 103 heavy (non-hydrogen) atoms. The summed E-state index contributed by atoms with van der Waals surface area (Å²) in [6, 6.07) is 8.90. The molecular formula is C67H123N3O33. The molecule has 0 radical (unpaired) electrons. The van der Waals surface area contributed by atoms with Crippen LogP contribution < -0.4 is 0 Å². The van der Waals surface area contributed by atoms with E-state index < -0.39 is 144 Å². The largest absolute Gasteiger partial charge is 0.462 e. The minimum absolute atomic E-state index is 0.141. The molecule has 0 bridgehead atoms. The lowest BCUT2D eigenvalue weighted by Crippen LogP contribution is -2.40. The molecule has 36 heteroatoms. The maximum atomic E-state index is 12.3. The topological polar surface area (TPSA) is 519 Å². The van der Waals surface area contributed by atoms with E-state index in [1.807, 2.05) is 6.07 Å². The zero-order valence-corrected chi connectivity index (χ0v) is 59.6. The molecule has 0 spiro atoms. The first-order valence-electron chi connectivity index (χ1n) is 35.2. The molecule has 36 nitrogen and oxygen atoms in total. The van der Waals surface area contributed by atoms with Crippen molar-refractivity contribution in [3.05, 3.63) is 47.8 Å². The number of nitrogens with zero attached hydrogens (tertiary/aromatic N) is 3. The SMILES string of the molecule is CC(CCCCCOC(=O)c1ccccc1)CCCCCn1cc(COC(COC(COC(COCC(O)CO)COCC(O)CO)COC(COCC(O)CO)COCC(O)CO)COC(COC(COCC(O)CO)COCC(O)CO)COC(COCC(O)CO)COCC(O)CO)nn1. The maximum absolute atomic E-state index is 12.3. The number of aromatic nitrogens is 3. The lowest BCUT2D eigenvalue weighted by molar-refractivity contribution is -0.166. The van der Waals surface area contributed by atoms with Gasteiger partial charge >= 0.3 is 5.97 Å². The highest BCUT2D eigenvalue weighted by atomic mass is 16.6. The number of esters is 1. The predicted molar refractivity (Wildman–Crippen MR) is 361 cm³/mol. The van der Waals surface area contributed by atoms with Gasteiger partial charge in [0.1, 0.15) is 97.3 Å². The smallest absolute Gasteiger partial charge is 0.338 e. The summed E-state index contributed by atoms with van der Waals surface area (Å²) in [6.45, 7) is -7.56. The molecule has 0 saturated heterocycles. The Hall–Kier alpha value is -3.41. The number of aryl methyl sites for hydroxylation is 1. The number of hydrogen-bond acceptors (Lipinski definition) is 35. The standard InChI is InChI=1S/C67H123N3O33/c1-49(12-6-4-10-16-96-67(87)50-13-7-2-8-14-50)11-5-3-9-15-70-17-51(68-69-70)26-97-64(43-102-65(45-98-60(35-88-27-52(79)18-71)36-89-28-53(80)19-72)46-99-61(37-90-29-54(81)20-73)38-91-30-55(82)21-74)44-103-66(47-100-62(39-92-31-56(83)22-75)40-93-32-57(84)23-76)48-101-63(41-94-33-58(85)24-77)42-95-34-59(86)25-78/h2,7-8,13-14,17,49,52-66,71-86H,3-6,9-12,15-16,18-48H2,1H3. The molecule has 9 atom stereocenters. The lowest BCUT2D eigenvalue weighted by atomic mass is 9.97. The van der Waals surface area contributed by atoms with E-state index in [0.717, 1.165) is 51.4 Å². The summed E-state index contributed by atoms with van der Waals surface area (Å²) in [6.07, 6.45) is -7.32. The quantitative estimate of drug-likeness (QED) is 0.0218. The summed E-state index contributed by atoms with van der Waals surface area (Å²) < 4.78 is 96.8. The molecule has 2 rings (SSSR count). The van der Waals surface area contributed by atoms with Crippen molar-refractivity contribution in [1.82, 2.24) is 15.0 Å². The van der Waals surface area contributed by atoms with Crippen LogP contribution in [-0.4, -0.2) is 399 Å². The van der Waals surface area contributed by atoms with Crippen LogP contribution >= 0.6 is 0 Å². The molecule has 0 aliphatic carbocycles. The van der Waals surface area contributed by atoms with Crippen LogP contribution in [0.15, 0.2) is 36.5 Å². The van der Waals surface area contributed by atoms with Gasteiger partial charge in [0.05, 0.1) is 223 Å². The van der Waals surface area contributed by atoms with E-state index in [1.54, 1.807) is 35.1 Å². The van der Waals surface area contributed by atoms with Gasteiger partial charge in [0.25, 0.3) is 0 Å².